The van der Waals surface area contributed by atoms with Gasteiger partial charge >= 0.3 is 0 Å². The Labute approximate surface area is 108 Å². The third-order valence-electron chi connectivity index (χ3n) is 3.38. The van der Waals surface area contributed by atoms with Gasteiger partial charge in [-0.05, 0) is 46.5 Å². The Morgan fingerprint density at radius 1 is 1.50 bits per heavy atom. The van der Waals surface area contributed by atoms with Crippen LogP contribution in [0.1, 0.15) is 38.3 Å². The van der Waals surface area contributed by atoms with Crippen molar-refractivity contribution in [3.05, 3.63) is 11.6 Å². The molecule has 2 rings (SSSR count). The number of aromatic nitrogens is 3. The van der Waals surface area contributed by atoms with Crippen LogP contribution in [0.3, 0.4) is 0 Å². The van der Waals surface area contributed by atoms with Gasteiger partial charge in [0.2, 0.25) is 0 Å². The summed E-state index contributed by atoms with van der Waals surface area (Å²) in [6, 6.07) is 2.78. The Bertz CT molecular complexity index is 466. The van der Waals surface area contributed by atoms with E-state index in [9.17, 15) is 5.26 Å². The molecule has 1 aromatic rings. The van der Waals surface area contributed by atoms with Gasteiger partial charge in [-0.3, -0.25) is 5.32 Å². The van der Waals surface area contributed by atoms with Crippen molar-refractivity contribution >= 4 is 0 Å². The van der Waals surface area contributed by atoms with E-state index in [0.717, 1.165) is 24.5 Å². The number of nitrogens with one attached hydrogen (secondary N) is 1. The van der Waals surface area contributed by atoms with Crippen LogP contribution in [0.2, 0.25) is 0 Å². The van der Waals surface area contributed by atoms with Gasteiger partial charge in [0.05, 0.1) is 12.6 Å². The summed E-state index contributed by atoms with van der Waals surface area (Å²) in [5, 5.41) is 17.4. The molecule has 1 saturated carbocycles. The zero-order chi connectivity index (χ0) is 13.3. The summed E-state index contributed by atoms with van der Waals surface area (Å²) in [7, 11) is 0. The van der Waals surface area contributed by atoms with Crippen molar-refractivity contribution < 1.29 is 0 Å². The molecule has 1 unspecified atom stereocenters. The van der Waals surface area contributed by atoms with Crippen LogP contribution in [-0.2, 0) is 6.54 Å². The summed E-state index contributed by atoms with van der Waals surface area (Å²) < 4.78 is 1.85. The molecule has 1 atom stereocenters. The second-order valence-electron chi connectivity index (χ2n) is 5.52. The molecular weight excluding hydrogens is 226 g/mol. The molecule has 0 radical (unpaired) electrons. The van der Waals surface area contributed by atoms with E-state index in [0.29, 0.717) is 12.5 Å². The molecule has 0 spiro atoms. The van der Waals surface area contributed by atoms with Crippen LogP contribution >= 0.6 is 0 Å². The lowest BCUT2D eigenvalue weighted by Gasteiger charge is -2.30. The lowest BCUT2D eigenvalue weighted by molar-refractivity contribution is 0.281. The van der Waals surface area contributed by atoms with E-state index in [1.54, 1.807) is 0 Å². The highest BCUT2D eigenvalue weighted by Gasteiger charge is 2.46. The molecule has 18 heavy (non-hydrogen) atoms. The van der Waals surface area contributed by atoms with Gasteiger partial charge in [0.15, 0.2) is 0 Å². The lowest BCUT2D eigenvalue weighted by Crippen LogP contribution is -2.52. The first-order valence-electron chi connectivity index (χ1n) is 6.54. The molecule has 1 aromatic heterocycles. The van der Waals surface area contributed by atoms with Crippen molar-refractivity contribution in [2.75, 3.05) is 0 Å². The molecule has 98 valence electrons. The largest absolute Gasteiger partial charge is 0.295 e. The van der Waals surface area contributed by atoms with E-state index in [2.05, 4.69) is 35.3 Å². The first-order valence-corrected chi connectivity index (χ1v) is 6.54. The van der Waals surface area contributed by atoms with Crippen LogP contribution < -0.4 is 5.32 Å². The fourth-order valence-corrected chi connectivity index (χ4v) is 2.49. The summed E-state index contributed by atoms with van der Waals surface area (Å²) in [6.45, 7) is 8.55. The second kappa shape index (κ2) is 4.69. The molecule has 0 amide bonds. The SMILES string of the molecule is Cc1nc(C)n(CC(C#N)(NC(C)C)C2CC2)n1. The maximum absolute atomic E-state index is 9.62. The molecule has 5 nitrogen and oxygen atoms in total. The minimum atomic E-state index is -0.501. The van der Waals surface area contributed by atoms with Crippen molar-refractivity contribution in [3.8, 4) is 6.07 Å². The summed E-state index contributed by atoms with van der Waals surface area (Å²) in [4.78, 5) is 4.30. The highest BCUT2D eigenvalue weighted by Crippen LogP contribution is 2.40. The van der Waals surface area contributed by atoms with E-state index in [1.165, 1.54) is 0 Å². The number of nitrogens with zero attached hydrogens (tertiary/aromatic N) is 4. The lowest BCUT2D eigenvalue weighted by atomic mass is 9.94. The highest BCUT2D eigenvalue weighted by molar-refractivity contribution is 5.16. The van der Waals surface area contributed by atoms with Crippen molar-refractivity contribution in [2.24, 2.45) is 5.92 Å². The summed E-state index contributed by atoms with van der Waals surface area (Å²) in [5.74, 6) is 2.08. The van der Waals surface area contributed by atoms with Gasteiger partial charge in [-0.15, -0.1) is 0 Å². The number of hydrogen-bond acceptors (Lipinski definition) is 4. The predicted octanol–water partition coefficient (Wildman–Crippen LogP) is 1.57. The maximum Gasteiger partial charge on any atom is 0.147 e. The molecule has 0 saturated heterocycles. The van der Waals surface area contributed by atoms with Crippen molar-refractivity contribution in [2.45, 2.75) is 58.7 Å². The molecular formula is C13H21N5. The van der Waals surface area contributed by atoms with Crippen LogP contribution in [0.15, 0.2) is 0 Å². The molecule has 0 bridgehead atoms. The van der Waals surface area contributed by atoms with E-state index < -0.39 is 5.54 Å². The first kappa shape index (κ1) is 13.0. The quantitative estimate of drug-likeness (QED) is 0.857. The summed E-state index contributed by atoms with van der Waals surface area (Å²) >= 11 is 0. The van der Waals surface area contributed by atoms with Crippen molar-refractivity contribution in [1.29, 1.82) is 5.26 Å². The van der Waals surface area contributed by atoms with Gasteiger partial charge < -0.3 is 0 Å². The van der Waals surface area contributed by atoms with Crippen molar-refractivity contribution in [3.63, 3.8) is 0 Å². The third kappa shape index (κ3) is 2.54. The maximum atomic E-state index is 9.62. The molecule has 0 aliphatic heterocycles. The van der Waals surface area contributed by atoms with E-state index in [4.69, 9.17) is 0 Å². The Hall–Kier alpha value is -1.41. The Balaban J connectivity index is 2.25. The molecule has 1 N–H and O–H groups in total. The zero-order valence-corrected chi connectivity index (χ0v) is 11.6. The van der Waals surface area contributed by atoms with Crippen LogP contribution in [0, 0.1) is 31.1 Å². The van der Waals surface area contributed by atoms with Crippen LogP contribution in [0.25, 0.3) is 0 Å². The number of hydrogen-bond donors (Lipinski definition) is 1. The normalized spacial score (nSPS) is 18.7. The average molecular weight is 247 g/mol. The van der Waals surface area contributed by atoms with Gasteiger partial charge in [0, 0.05) is 6.04 Å². The molecule has 5 heteroatoms. The smallest absolute Gasteiger partial charge is 0.147 e. The molecule has 1 aliphatic carbocycles. The van der Waals surface area contributed by atoms with Gasteiger partial charge in [-0.2, -0.15) is 10.4 Å². The fraction of sp³-hybridized carbons (Fsp3) is 0.769. The topological polar surface area (TPSA) is 66.5 Å². The third-order valence-corrected chi connectivity index (χ3v) is 3.38. The Morgan fingerprint density at radius 2 is 2.17 bits per heavy atom. The monoisotopic (exact) mass is 247 g/mol. The predicted molar refractivity (Wildman–Crippen MR) is 68.8 cm³/mol. The number of aryl methyl sites for hydroxylation is 2. The average Bonchev–Trinajstić information content (AvgIpc) is 3.06. The first-order chi connectivity index (χ1) is 8.47. The molecule has 1 aliphatic rings. The summed E-state index contributed by atoms with van der Waals surface area (Å²) in [5.41, 5.74) is -0.501. The Kier molecular flexibility index (Phi) is 3.40. The highest BCUT2D eigenvalue weighted by atomic mass is 15.4. The fourth-order valence-electron chi connectivity index (χ4n) is 2.49. The molecule has 0 aromatic carbocycles. The molecule has 1 heterocycles. The van der Waals surface area contributed by atoms with E-state index in [1.807, 2.05) is 18.5 Å². The van der Waals surface area contributed by atoms with E-state index >= 15 is 0 Å². The van der Waals surface area contributed by atoms with Gasteiger partial charge in [-0.25, -0.2) is 9.67 Å². The van der Waals surface area contributed by atoms with Crippen LogP contribution in [-0.4, -0.2) is 26.3 Å². The standard InChI is InChI=1S/C13H21N5/c1-9(2)16-13(7-14,12-5-6-12)8-18-11(4)15-10(3)17-18/h9,12,16H,5-6,8H2,1-4H3. The van der Waals surface area contributed by atoms with Crippen LogP contribution in [0.5, 0.6) is 0 Å². The van der Waals surface area contributed by atoms with Gasteiger partial charge in [0.1, 0.15) is 17.2 Å². The molecule has 1 fully saturated rings. The van der Waals surface area contributed by atoms with Gasteiger partial charge in [0.25, 0.3) is 0 Å². The summed E-state index contributed by atoms with van der Waals surface area (Å²) in [6.07, 6.45) is 2.25. The second-order valence-corrected chi connectivity index (χ2v) is 5.52. The number of rotatable bonds is 5. The number of nitriles is 1. The van der Waals surface area contributed by atoms with Gasteiger partial charge in [-0.1, -0.05) is 0 Å². The van der Waals surface area contributed by atoms with E-state index in [-0.39, 0.29) is 6.04 Å². The van der Waals surface area contributed by atoms with Crippen LogP contribution in [0.4, 0.5) is 0 Å². The van der Waals surface area contributed by atoms with Crippen molar-refractivity contribution in [1.82, 2.24) is 20.1 Å². The minimum absolute atomic E-state index is 0.287. The Morgan fingerprint density at radius 3 is 2.56 bits per heavy atom. The minimum Gasteiger partial charge on any atom is -0.295 e. The zero-order valence-electron chi connectivity index (χ0n) is 11.6.